The van der Waals surface area contributed by atoms with Gasteiger partial charge >= 0.3 is 0 Å². The monoisotopic (exact) mass is 330 g/mol. The van der Waals surface area contributed by atoms with Gasteiger partial charge in [0, 0.05) is 10.4 Å². The first-order chi connectivity index (χ1) is 9.72. The zero-order chi connectivity index (χ0) is 14.4. The van der Waals surface area contributed by atoms with Crippen molar-refractivity contribution in [3.63, 3.8) is 0 Å². The molecule has 0 spiro atoms. The SMILES string of the molecule is CCC=C[C@H](c1cccc(Br)c1)[C@H](O)c1ccccc1. The lowest BCUT2D eigenvalue weighted by Crippen LogP contribution is -2.09. The average molecular weight is 331 g/mol. The van der Waals surface area contributed by atoms with Crippen LogP contribution in [-0.4, -0.2) is 5.11 Å². The van der Waals surface area contributed by atoms with Crippen molar-refractivity contribution in [2.75, 3.05) is 0 Å². The Balaban J connectivity index is 2.35. The van der Waals surface area contributed by atoms with Crippen molar-refractivity contribution < 1.29 is 5.11 Å². The molecule has 1 nitrogen and oxygen atoms in total. The Kier molecular flexibility index (Phi) is 5.57. The van der Waals surface area contributed by atoms with Gasteiger partial charge in [0.15, 0.2) is 0 Å². The smallest absolute Gasteiger partial charge is 0.0893 e. The lowest BCUT2D eigenvalue weighted by atomic mass is 9.88. The van der Waals surface area contributed by atoms with E-state index in [4.69, 9.17) is 0 Å². The second-order valence-electron chi connectivity index (χ2n) is 4.77. The average Bonchev–Trinajstić information content (AvgIpc) is 2.48. The molecule has 104 valence electrons. The van der Waals surface area contributed by atoms with Crippen LogP contribution < -0.4 is 0 Å². The van der Waals surface area contributed by atoms with Gasteiger partial charge < -0.3 is 5.11 Å². The van der Waals surface area contributed by atoms with Gasteiger partial charge in [-0.25, -0.2) is 0 Å². The van der Waals surface area contributed by atoms with E-state index in [1.54, 1.807) is 0 Å². The van der Waals surface area contributed by atoms with E-state index in [-0.39, 0.29) is 5.92 Å². The van der Waals surface area contributed by atoms with E-state index in [2.05, 4.69) is 47.1 Å². The summed E-state index contributed by atoms with van der Waals surface area (Å²) in [6, 6.07) is 17.9. The number of benzene rings is 2. The minimum absolute atomic E-state index is 0.0325. The van der Waals surface area contributed by atoms with Crippen LogP contribution in [0.3, 0.4) is 0 Å². The molecule has 0 fully saturated rings. The van der Waals surface area contributed by atoms with Crippen LogP contribution in [-0.2, 0) is 0 Å². The lowest BCUT2D eigenvalue weighted by Gasteiger charge is -2.21. The molecule has 0 aliphatic heterocycles. The van der Waals surface area contributed by atoms with Crippen molar-refractivity contribution in [3.8, 4) is 0 Å². The van der Waals surface area contributed by atoms with Gasteiger partial charge in [-0.2, -0.15) is 0 Å². The first-order valence-electron chi connectivity index (χ1n) is 6.87. The highest BCUT2D eigenvalue weighted by atomic mass is 79.9. The Labute approximate surface area is 129 Å². The number of rotatable bonds is 5. The van der Waals surface area contributed by atoms with Crippen molar-refractivity contribution in [1.82, 2.24) is 0 Å². The van der Waals surface area contributed by atoms with E-state index in [0.717, 1.165) is 22.0 Å². The maximum absolute atomic E-state index is 10.7. The summed E-state index contributed by atoms with van der Waals surface area (Å²) in [5.41, 5.74) is 2.05. The van der Waals surface area contributed by atoms with Gasteiger partial charge in [-0.15, -0.1) is 0 Å². The summed E-state index contributed by atoms with van der Waals surface area (Å²) < 4.78 is 1.03. The van der Waals surface area contributed by atoms with Gasteiger partial charge in [-0.3, -0.25) is 0 Å². The highest BCUT2D eigenvalue weighted by molar-refractivity contribution is 9.10. The van der Waals surface area contributed by atoms with Crippen molar-refractivity contribution in [2.45, 2.75) is 25.4 Å². The van der Waals surface area contributed by atoms with Crippen LogP contribution in [0.4, 0.5) is 0 Å². The van der Waals surface area contributed by atoms with Gasteiger partial charge in [0.25, 0.3) is 0 Å². The fourth-order valence-electron chi connectivity index (χ4n) is 2.25. The van der Waals surface area contributed by atoms with E-state index in [9.17, 15) is 5.11 Å². The summed E-state index contributed by atoms with van der Waals surface area (Å²) >= 11 is 3.50. The molecule has 2 atom stereocenters. The molecule has 0 saturated heterocycles. The fourth-order valence-corrected chi connectivity index (χ4v) is 2.67. The van der Waals surface area contributed by atoms with Gasteiger partial charge in [0.2, 0.25) is 0 Å². The van der Waals surface area contributed by atoms with Crippen LogP contribution in [0.1, 0.15) is 36.5 Å². The van der Waals surface area contributed by atoms with Gasteiger partial charge in [0.05, 0.1) is 6.10 Å². The molecule has 0 amide bonds. The molecule has 0 aliphatic rings. The number of hydrogen-bond acceptors (Lipinski definition) is 1. The Bertz CT molecular complexity index is 563. The first kappa shape index (κ1) is 15.0. The van der Waals surface area contributed by atoms with Crippen LogP contribution in [0.2, 0.25) is 0 Å². The minimum atomic E-state index is -0.534. The molecule has 2 aromatic rings. The van der Waals surface area contributed by atoms with E-state index in [1.807, 2.05) is 42.5 Å². The molecule has 20 heavy (non-hydrogen) atoms. The van der Waals surface area contributed by atoms with E-state index in [0.29, 0.717) is 0 Å². The standard InChI is InChI=1S/C18H19BrO/c1-2-3-12-17(15-10-7-11-16(19)13-15)18(20)14-8-5-4-6-9-14/h3-13,17-18,20H,2H2,1H3/t17-,18-/m1/s1. The summed E-state index contributed by atoms with van der Waals surface area (Å²) in [4.78, 5) is 0. The predicted octanol–water partition coefficient (Wildman–Crippen LogP) is 5.23. The van der Waals surface area contributed by atoms with Crippen LogP contribution in [0.5, 0.6) is 0 Å². The fraction of sp³-hybridized carbons (Fsp3) is 0.222. The Morgan fingerprint density at radius 2 is 1.75 bits per heavy atom. The van der Waals surface area contributed by atoms with Crippen molar-refractivity contribution in [2.24, 2.45) is 0 Å². The summed E-state index contributed by atoms with van der Waals surface area (Å²) in [7, 11) is 0. The van der Waals surface area contributed by atoms with Gasteiger partial charge in [0.1, 0.15) is 0 Å². The Morgan fingerprint density at radius 1 is 1.05 bits per heavy atom. The molecule has 0 saturated carbocycles. The number of halogens is 1. The zero-order valence-electron chi connectivity index (χ0n) is 11.5. The third-order valence-corrected chi connectivity index (χ3v) is 3.79. The Hall–Kier alpha value is -1.38. The topological polar surface area (TPSA) is 20.2 Å². The molecule has 0 unspecified atom stereocenters. The zero-order valence-corrected chi connectivity index (χ0v) is 13.1. The second kappa shape index (κ2) is 7.41. The largest absolute Gasteiger partial charge is 0.387 e. The van der Waals surface area contributed by atoms with Crippen LogP contribution in [0.25, 0.3) is 0 Å². The third-order valence-electron chi connectivity index (χ3n) is 3.29. The molecule has 0 aliphatic carbocycles. The normalized spacial score (nSPS) is 14.3. The lowest BCUT2D eigenvalue weighted by molar-refractivity contribution is 0.161. The molecule has 2 rings (SSSR count). The molecule has 0 heterocycles. The quantitative estimate of drug-likeness (QED) is 0.744. The van der Waals surface area contributed by atoms with E-state index in [1.165, 1.54) is 0 Å². The summed E-state index contributed by atoms with van der Waals surface area (Å²) in [5.74, 6) is -0.0325. The summed E-state index contributed by atoms with van der Waals surface area (Å²) in [6.07, 6.45) is 4.64. The van der Waals surface area contributed by atoms with E-state index < -0.39 is 6.10 Å². The number of aliphatic hydroxyl groups excluding tert-OH is 1. The maximum atomic E-state index is 10.7. The maximum Gasteiger partial charge on any atom is 0.0893 e. The van der Waals surface area contributed by atoms with Crippen LogP contribution in [0.15, 0.2) is 71.2 Å². The van der Waals surface area contributed by atoms with Crippen molar-refractivity contribution in [1.29, 1.82) is 0 Å². The van der Waals surface area contributed by atoms with Gasteiger partial charge in [-0.05, 0) is 29.7 Å². The number of hydrogen-bond donors (Lipinski definition) is 1. The Morgan fingerprint density at radius 3 is 2.40 bits per heavy atom. The molecule has 2 heteroatoms. The van der Waals surface area contributed by atoms with Crippen molar-refractivity contribution >= 4 is 15.9 Å². The molecule has 0 radical (unpaired) electrons. The van der Waals surface area contributed by atoms with Gasteiger partial charge in [-0.1, -0.05) is 77.5 Å². The highest BCUT2D eigenvalue weighted by Gasteiger charge is 2.20. The molecule has 0 aromatic heterocycles. The molecule has 1 N–H and O–H groups in total. The summed E-state index contributed by atoms with van der Waals surface area (Å²) in [5, 5.41) is 10.7. The summed E-state index contributed by atoms with van der Waals surface area (Å²) in [6.45, 7) is 2.10. The highest BCUT2D eigenvalue weighted by Crippen LogP contribution is 2.33. The van der Waals surface area contributed by atoms with Crippen LogP contribution in [0, 0.1) is 0 Å². The molecular formula is C18H19BrO. The number of allylic oxidation sites excluding steroid dienone is 1. The van der Waals surface area contributed by atoms with Crippen molar-refractivity contribution in [3.05, 3.63) is 82.3 Å². The molecule has 2 aromatic carbocycles. The minimum Gasteiger partial charge on any atom is -0.387 e. The van der Waals surface area contributed by atoms with Crippen LogP contribution >= 0.6 is 15.9 Å². The second-order valence-corrected chi connectivity index (χ2v) is 5.69. The molecule has 0 bridgehead atoms. The van der Waals surface area contributed by atoms with E-state index >= 15 is 0 Å². The predicted molar refractivity (Wildman–Crippen MR) is 87.7 cm³/mol. The number of aliphatic hydroxyl groups is 1. The third kappa shape index (κ3) is 3.81. The first-order valence-corrected chi connectivity index (χ1v) is 7.66. The molecular weight excluding hydrogens is 312 g/mol.